The van der Waals surface area contributed by atoms with Gasteiger partial charge >= 0.3 is 0 Å². The molecule has 2 aromatic rings. The van der Waals surface area contributed by atoms with E-state index in [-0.39, 0.29) is 18.4 Å². The highest BCUT2D eigenvalue weighted by Gasteiger charge is 2.20. The Morgan fingerprint density at radius 2 is 2.24 bits per heavy atom. The SMILES string of the molecule is O=C(NC[C@H](O)c1csc2ccccc12)[C@H]1CC=CCC1. The number of aliphatic hydroxyl groups excluding tert-OH is 1. The van der Waals surface area contributed by atoms with Crippen molar-refractivity contribution in [3.8, 4) is 0 Å². The van der Waals surface area contributed by atoms with Crippen LogP contribution in [0.1, 0.15) is 30.9 Å². The molecule has 1 aromatic heterocycles. The van der Waals surface area contributed by atoms with E-state index in [1.165, 1.54) is 0 Å². The van der Waals surface area contributed by atoms with Gasteiger partial charge in [-0.25, -0.2) is 0 Å². The summed E-state index contributed by atoms with van der Waals surface area (Å²) in [6, 6.07) is 8.02. The number of hydrogen-bond donors (Lipinski definition) is 2. The van der Waals surface area contributed by atoms with Gasteiger partial charge in [-0.05, 0) is 36.1 Å². The third kappa shape index (κ3) is 3.17. The van der Waals surface area contributed by atoms with Gasteiger partial charge < -0.3 is 10.4 Å². The molecule has 3 nitrogen and oxygen atoms in total. The number of benzene rings is 1. The molecule has 1 amide bonds. The largest absolute Gasteiger partial charge is 0.387 e. The number of amides is 1. The predicted octanol–water partition coefficient (Wildman–Crippen LogP) is 3.41. The van der Waals surface area contributed by atoms with Crippen LogP contribution in [0.2, 0.25) is 0 Å². The lowest BCUT2D eigenvalue weighted by molar-refractivity contribution is -0.125. The zero-order chi connectivity index (χ0) is 14.7. The fourth-order valence-electron chi connectivity index (χ4n) is 2.74. The van der Waals surface area contributed by atoms with Crippen LogP contribution < -0.4 is 5.32 Å². The third-order valence-electron chi connectivity index (χ3n) is 3.98. The van der Waals surface area contributed by atoms with E-state index in [4.69, 9.17) is 0 Å². The van der Waals surface area contributed by atoms with Crippen molar-refractivity contribution in [1.82, 2.24) is 5.32 Å². The second-order valence-electron chi connectivity index (χ2n) is 5.43. The van der Waals surface area contributed by atoms with Crippen molar-refractivity contribution in [3.63, 3.8) is 0 Å². The van der Waals surface area contributed by atoms with E-state index in [0.717, 1.165) is 34.9 Å². The lowest BCUT2D eigenvalue weighted by Gasteiger charge is -2.18. The molecule has 2 atom stereocenters. The number of hydrogen-bond acceptors (Lipinski definition) is 3. The Labute approximate surface area is 128 Å². The number of thiophene rings is 1. The van der Waals surface area contributed by atoms with Gasteiger partial charge in [0.2, 0.25) is 5.91 Å². The smallest absolute Gasteiger partial charge is 0.223 e. The van der Waals surface area contributed by atoms with Gasteiger partial charge in [-0.1, -0.05) is 30.4 Å². The van der Waals surface area contributed by atoms with Crippen LogP contribution in [0.15, 0.2) is 41.8 Å². The summed E-state index contributed by atoms with van der Waals surface area (Å²) in [6.45, 7) is 0.278. The Balaban J connectivity index is 1.62. The first kappa shape index (κ1) is 14.3. The standard InChI is InChI=1S/C17H19NO2S/c19-15(10-18-17(20)12-6-2-1-3-7-12)14-11-21-16-9-5-4-8-13(14)16/h1-2,4-5,8-9,11-12,15,19H,3,6-7,10H2,(H,18,20)/t12-,15-/m0/s1. The Kier molecular flexibility index (Phi) is 4.36. The molecule has 0 aliphatic heterocycles. The van der Waals surface area contributed by atoms with E-state index in [1.807, 2.05) is 29.6 Å². The topological polar surface area (TPSA) is 49.3 Å². The molecule has 110 valence electrons. The molecule has 0 saturated carbocycles. The molecular formula is C17H19NO2S. The zero-order valence-electron chi connectivity index (χ0n) is 11.8. The van der Waals surface area contributed by atoms with E-state index in [1.54, 1.807) is 11.3 Å². The molecule has 0 unspecified atom stereocenters. The van der Waals surface area contributed by atoms with Gasteiger partial charge in [-0.2, -0.15) is 0 Å². The molecule has 0 saturated heterocycles. The predicted molar refractivity (Wildman–Crippen MR) is 86.3 cm³/mol. The second-order valence-corrected chi connectivity index (χ2v) is 6.34. The summed E-state index contributed by atoms with van der Waals surface area (Å²) in [6.07, 6.45) is 6.22. The van der Waals surface area contributed by atoms with Crippen molar-refractivity contribution in [1.29, 1.82) is 0 Å². The molecular weight excluding hydrogens is 282 g/mol. The minimum atomic E-state index is -0.649. The quantitative estimate of drug-likeness (QED) is 0.850. The van der Waals surface area contributed by atoms with Gasteiger partial charge in [0, 0.05) is 22.7 Å². The van der Waals surface area contributed by atoms with Crippen molar-refractivity contribution in [2.45, 2.75) is 25.4 Å². The van der Waals surface area contributed by atoms with Gasteiger partial charge in [0.15, 0.2) is 0 Å². The Hall–Kier alpha value is -1.65. The van der Waals surface area contributed by atoms with Gasteiger partial charge in [0.1, 0.15) is 0 Å². The first-order valence-corrected chi connectivity index (χ1v) is 8.20. The molecule has 1 heterocycles. The molecule has 0 spiro atoms. The lowest BCUT2D eigenvalue weighted by Crippen LogP contribution is -2.34. The van der Waals surface area contributed by atoms with Crippen LogP contribution in [0.4, 0.5) is 0 Å². The Bertz CT molecular complexity index is 662. The Morgan fingerprint density at radius 1 is 1.38 bits per heavy atom. The van der Waals surface area contributed by atoms with Crippen LogP contribution in [-0.4, -0.2) is 17.6 Å². The first-order valence-electron chi connectivity index (χ1n) is 7.32. The number of carbonyl (C=O) groups is 1. The summed E-state index contributed by atoms with van der Waals surface area (Å²) in [5.74, 6) is 0.111. The van der Waals surface area contributed by atoms with Crippen molar-refractivity contribution < 1.29 is 9.90 Å². The fraction of sp³-hybridized carbons (Fsp3) is 0.353. The molecule has 0 radical (unpaired) electrons. The highest BCUT2D eigenvalue weighted by molar-refractivity contribution is 7.17. The van der Waals surface area contributed by atoms with Crippen LogP contribution in [-0.2, 0) is 4.79 Å². The van der Waals surface area contributed by atoms with Crippen molar-refractivity contribution in [3.05, 3.63) is 47.4 Å². The molecule has 1 aliphatic rings. The van der Waals surface area contributed by atoms with Gasteiger partial charge in [-0.3, -0.25) is 4.79 Å². The maximum Gasteiger partial charge on any atom is 0.223 e. The van der Waals surface area contributed by atoms with Gasteiger partial charge in [0.25, 0.3) is 0 Å². The van der Waals surface area contributed by atoms with E-state index < -0.39 is 6.10 Å². The average Bonchev–Trinajstić information content (AvgIpc) is 2.97. The summed E-state index contributed by atoms with van der Waals surface area (Å²) >= 11 is 1.62. The zero-order valence-corrected chi connectivity index (χ0v) is 12.6. The summed E-state index contributed by atoms with van der Waals surface area (Å²) in [5.41, 5.74) is 0.902. The van der Waals surface area contributed by atoms with Crippen LogP contribution in [0.25, 0.3) is 10.1 Å². The summed E-state index contributed by atoms with van der Waals surface area (Å²) < 4.78 is 1.16. The summed E-state index contributed by atoms with van der Waals surface area (Å²) in [4.78, 5) is 12.1. The normalized spacial score (nSPS) is 19.6. The molecule has 1 aromatic carbocycles. The van der Waals surface area contributed by atoms with Crippen LogP contribution >= 0.6 is 11.3 Å². The lowest BCUT2D eigenvalue weighted by atomic mass is 9.93. The van der Waals surface area contributed by atoms with Crippen LogP contribution in [0, 0.1) is 5.92 Å². The van der Waals surface area contributed by atoms with E-state index in [0.29, 0.717) is 0 Å². The minimum Gasteiger partial charge on any atom is -0.387 e. The molecule has 0 fully saturated rings. The third-order valence-corrected chi connectivity index (χ3v) is 4.96. The molecule has 2 N–H and O–H groups in total. The number of nitrogens with one attached hydrogen (secondary N) is 1. The van der Waals surface area contributed by atoms with Crippen molar-refractivity contribution >= 4 is 27.3 Å². The van der Waals surface area contributed by atoms with Crippen molar-refractivity contribution in [2.24, 2.45) is 5.92 Å². The monoisotopic (exact) mass is 301 g/mol. The molecule has 3 rings (SSSR count). The highest BCUT2D eigenvalue weighted by atomic mass is 32.1. The van der Waals surface area contributed by atoms with Crippen LogP contribution in [0.3, 0.4) is 0 Å². The van der Waals surface area contributed by atoms with Crippen molar-refractivity contribution in [2.75, 3.05) is 6.54 Å². The molecule has 21 heavy (non-hydrogen) atoms. The molecule has 1 aliphatic carbocycles. The summed E-state index contributed by atoms with van der Waals surface area (Å²) in [5, 5.41) is 16.3. The number of fused-ring (bicyclic) bond motifs is 1. The maximum atomic E-state index is 12.1. The van der Waals surface area contributed by atoms with E-state index >= 15 is 0 Å². The number of rotatable bonds is 4. The fourth-order valence-corrected chi connectivity index (χ4v) is 3.75. The Morgan fingerprint density at radius 3 is 3.05 bits per heavy atom. The highest BCUT2D eigenvalue weighted by Crippen LogP contribution is 2.30. The minimum absolute atomic E-state index is 0.0536. The first-order chi connectivity index (χ1) is 10.3. The van der Waals surface area contributed by atoms with Gasteiger partial charge in [0.05, 0.1) is 6.10 Å². The number of allylic oxidation sites excluding steroid dienone is 2. The molecule has 4 heteroatoms. The van der Waals surface area contributed by atoms with Gasteiger partial charge in [-0.15, -0.1) is 11.3 Å². The maximum absolute atomic E-state index is 12.1. The van der Waals surface area contributed by atoms with Crippen LogP contribution in [0.5, 0.6) is 0 Å². The molecule has 0 bridgehead atoms. The second kappa shape index (κ2) is 6.41. The van der Waals surface area contributed by atoms with E-state index in [2.05, 4.69) is 17.5 Å². The summed E-state index contributed by atoms with van der Waals surface area (Å²) in [7, 11) is 0. The number of aliphatic hydroxyl groups is 1. The van der Waals surface area contributed by atoms with E-state index in [9.17, 15) is 9.90 Å². The number of carbonyl (C=O) groups excluding carboxylic acids is 1. The average molecular weight is 301 g/mol.